The summed E-state index contributed by atoms with van der Waals surface area (Å²) in [5, 5.41) is 29.3. The van der Waals surface area contributed by atoms with Crippen LogP contribution in [0, 0.1) is 21.4 Å². The largest absolute Gasteiger partial charge is 0.378 e. The minimum Gasteiger partial charge on any atom is -0.378 e. The number of para-hydroxylation sites is 1. The van der Waals surface area contributed by atoms with Gasteiger partial charge in [0.2, 0.25) is 5.95 Å². The van der Waals surface area contributed by atoms with E-state index >= 15 is 0 Å². The maximum Gasteiger partial charge on any atom is 0.270 e. The van der Waals surface area contributed by atoms with Gasteiger partial charge >= 0.3 is 0 Å². The summed E-state index contributed by atoms with van der Waals surface area (Å²) >= 11 is 0. The molecule has 0 saturated carbocycles. The fraction of sp³-hybridized carbons (Fsp3) is 0.217. The number of nitro groups is 1. The Morgan fingerprint density at radius 1 is 1.15 bits per heavy atom. The van der Waals surface area contributed by atoms with Gasteiger partial charge in [0, 0.05) is 25.2 Å². The third-order valence-electron chi connectivity index (χ3n) is 5.17. The number of anilines is 1. The van der Waals surface area contributed by atoms with Crippen molar-refractivity contribution in [3.8, 4) is 11.8 Å². The van der Waals surface area contributed by atoms with E-state index < -0.39 is 16.6 Å². The summed E-state index contributed by atoms with van der Waals surface area (Å²) in [5.74, 6) is -0.960. The van der Waals surface area contributed by atoms with E-state index in [1.54, 1.807) is 10.6 Å². The third kappa shape index (κ3) is 4.78. The number of aromatic nitrogens is 3. The predicted octanol–water partition coefficient (Wildman–Crippen LogP) is 2.90. The highest BCUT2D eigenvalue weighted by molar-refractivity contribution is 6.00. The van der Waals surface area contributed by atoms with E-state index in [1.807, 2.05) is 41.3 Å². The first-order chi connectivity index (χ1) is 16.1. The van der Waals surface area contributed by atoms with E-state index in [1.165, 1.54) is 30.4 Å². The Morgan fingerprint density at radius 3 is 2.61 bits per heavy atom. The molecule has 166 valence electrons. The molecule has 0 radical (unpaired) electrons. The van der Waals surface area contributed by atoms with E-state index in [-0.39, 0.29) is 11.5 Å². The molecule has 2 aromatic carbocycles. The number of ether oxygens (including phenoxy) is 1. The predicted molar refractivity (Wildman–Crippen MR) is 120 cm³/mol. The number of benzene rings is 2. The van der Waals surface area contributed by atoms with Crippen LogP contribution >= 0.6 is 0 Å². The Balaban J connectivity index is 1.68. The molecule has 1 aromatic heterocycles. The lowest BCUT2D eigenvalue weighted by Crippen LogP contribution is -2.38. The van der Waals surface area contributed by atoms with Crippen LogP contribution in [0.4, 0.5) is 11.6 Å². The van der Waals surface area contributed by atoms with Crippen molar-refractivity contribution >= 4 is 23.5 Å². The monoisotopic (exact) mass is 444 g/mol. The fourth-order valence-electron chi connectivity index (χ4n) is 3.53. The molecule has 0 unspecified atom stereocenters. The lowest BCUT2D eigenvalue weighted by molar-refractivity contribution is -0.384. The van der Waals surface area contributed by atoms with Gasteiger partial charge in [0.25, 0.3) is 5.69 Å². The Hall–Kier alpha value is -4.36. The molecule has 0 N–H and O–H groups in total. The van der Waals surface area contributed by atoms with Crippen molar-refractivity contribution in [1.82, 2.24) is 14.8 Å². The van der Waals surface area contributed by atoms with Gasteiger partial charge in [-0.3, -0.25) is 19.5 Å². The molecule has 10 heteroatoms. The molecule has 0 spiro atoms. The van der Waals surface area contributed by atoms with Gasteiger partial charge in [0.05, 0.1) is 29.9 Å². The zero-order valence-electron chi connectivity index (χ0n) is 17.6. The number of non-ortho nitro benzene ring substituents is 1. The highest BCUT2D eigenvalue weighted by Crippen LogP contribution is 2.26. The van der Waals surface area contributed by atoms with Gasteiger partial charge in [0.15, 0.2) is 17.5 Å². The second kappa shape index (κ2) is 9.84. The SMILES string of the molecule is N#C[C@@H](C(=O)/C=C/c1cccc([N+](=O)[O-])c1)c1nnc(N2CCOCC2)n1-c1ccccc1. The van der Waals surface area contributed by atoms with Gasteiger partial charge < -0.3 is 9.64 Å². The summed E-state index contributed by atoms with van der Waals surface area (Å²) < 4.78 is 7.14. The molecule has 33 heavy (non-hydrogen) atoms. The minimum atomic E-state index is -1.21. The number of nitriles is 1. The van der Waals surface area contributed by atoms with Crippen molar-refractivity contribution in [2.24, 2.45) is 0 Å². The van der Waals surface area contributed by atoms with Crippen LogP contribution in [-0.4, -0.2) is 51.8 Å². The minimum absolute atomic E-state index is 0.0830. The number of hydrogen-bond donors (Lipinski definition) is 0. The molecule has 0 bridgehead atoms. The molecular weight excluding hydrogens is 424 g/mol. The third-order valence-corrected chi connectivity index (χ3v) is 5.17. The topological polar surface area (TPSA) is 127 Å². The van der Waals surface area contributed by atoms with Crippen LogP contribution in [0.2, 0.25) is 0 Å². The van der Waals surface area contributed by atoms with Gasteiger partial charge in [-0.1, -0.05) is 36.4 Å². The number of allylic oxidation sites excluding steroid dienone is 1. The van der Waals surface area contributed by atoms with Crippen LogP contribution in [0.25, 0.3) is 11.8 Å². The lowest BCUT2D eigenvalue weighted by atomic mass is 10.0. The summed E-state index contributed by atoms with van der Waals surface area (Å²) in [6, 6.07) is 17.2. The van der Waals surface area contributed by atoms with Crippen LogP contribution in [0.3, 0.4) is 0 Å². The molecule has 1 saturated heterocycles. The van der Waals surface area contributed by atoms with Crippen LogP contribution < -0.4 is 4.90 Å². The zero-order valence-corrected chi connectivity index (χ0v) is 17.6. The number of carbonyl (C=O) groups is 1. The van der Waals surface area contributed by atoms with Crippen LogP contribution in [0.5, 0.6) is 0 Å². The number of nitro benzene ring substituents is 1. The highest BCUT2D eigenvalue weighted by Gasteiger charge is 2.29. The van der Waals surface area contributed by atoms with E-state index in [4.69, 9.17) is 4.74 Å². The maximum absolute atomic E-state index is 13.0. The molecule has 4 rings (SSSR count). The van der Waals surface area contributed by atoms with E-state index in [0.29, 0.717) is 37.8 Å². The zero-order chi connectivity index (χ0) is 23.2. The number of hydrogen-bond acceptors (Lipinski definition) is 8. The summed E-state index contributed by atoms with van der Waals surface area (Å²) in [5.41, 5.74) is 1.13. The Kier molecular flexibility index (Phi) is 6.52. The number of nitrogens with zero attached hydrogens (tertiary/aromatic N) is 6. The van der Waals surface area contributed by atoms with Gasteiger partial charge in [-0.05, 0) is 23.8 Å². The molecule has 3 aromatic rings. The molecule has 1 aliphatic rings. The van der Waals surface area contributed by atoms with Gasteiger partial charge in [0.1, 0.15) is 0 Å². The van der Waals surface area contributed by atoms with Crippen molar-refractivity contribution in [3.05, 3.63) is 82.2 Å². The van der Waals surface area contributed by atoms with Crippen molar-refractivity contribution in [2.45, 2.75) is 5.92 Å². The standard InChI is InChI=1S/C23H20N6O4/c24-16-20(21(30)10-9-17-5-4-8-19(15-17)29(31)32)22-25-26-23(27-11-13-33-14-12-27)28(22)18-6-2-1-3-7-18/h1-10,15,20H,11-14H2/b10-9+/t20-/m0/s1. The summed E-state index contributed by atoms with van der Waals surface area (Å²) in [4.78, 5) is 25.5. The normalized spacial score (nSPS) is 14.7. The first-order valence-corrected chi connectivity index (χ1v) is 10.3. The van der Waals surface area contributed by atoms with E-state index in [9.17, 15) is 20.2 Å². The lowest BCUT2D eigenvalue weighted by Gasteiger charge is -2.28. The van der Waals surface area contributed by atoms with Gasteiger partial charge in [-0.15, -0.1) is 10.2 Å². The van der Waals surface area contributed by atoms with Gasteiger partial charge in [-0.25, -0.2) is 0 Å². The maximum atomic E-state index is 13.0. The van der Waals surface area contributed by atoms with Crippen LogP contribution in [-0.2, 0) is 9.53 Å². The molecule has 1 atom stereocenters. The summed E-state index contributed by atoms with van der Waals surface area (Å²) in [7, 11) is 0. The van der Waals surface area contributed by atoms with Crippen LogP contribution in [0.15, 0.2) is 60.7 Å². The summed E-state index contributed by atoms with van der Waals surface area (Å²) in [6.45, 7) is 2.32. The second-order valence-corrected chi connectivity index (χ2v) is 7.28. The Labute approximate surface area is 189 Å². The molecule has 0 aliphatic carbocycles. The first kappa shape index (κ1) is 21.9. The van der Waals surface area contributed by atoms with Crippen molar-refractivity contribution < 1.29 is 14.5 Å². The molecule has 1 fully saturated rings. The molecular formula is C23H20N6O4. The van der Waals surface area contributed by atoms with E-state index in [2.05, 4.69) is 10.2 Å². The molecule has 0 amide bonds. The number of morpholine rings is 1. The number of rotatable bonds is 7. The smallest absolute Gasteiger partial charge is 0.270 e. The van der Waals surface area contributed by atoms with E-state index in [0.717, 1.165) is 5.69 Å². The average molecular weight is 444 g/mol. The molecule has 2 heterocycles. The van der Waals surface area contributed by atoms with Crippen molar-refractivity contribution in [1.29, 1.82) is 5.26 Å². The number of carbonyl (C=O) groups excluding carboxylic acids is 1. The average Bonchev–Trinajstić information content (AvgIpc) is 3.29. The van der Waals surface area contributed by atoms with Crippen LogP contribution in [0.1, 0.15) is 17.3 Å². The molecule has 10 nitrogen and oxygen atoms in total. The Bertz CT molecular complexity index is 1230. The fourth-order valence-corrected chi connectivity index (χ4v) is 3.53. The quantitative estimate of drug-likeness (QED) is 0.309. The first-order valence-electron chi connectivity index (χ1n) is 10.3. The van der Waals surface area contributed by atoms with Gasteiger partial charge in [-0.2, -0.15) is 5.26 Å². The highest BCUT2D eigenvalue weighted by atomic mass is 16.6. The number of ketones is 1. The van der Waals surface area contributed by atoms with Crippen molar-refractivity contribution in [3.63, 3.8) is 0 Å². The van der Waals surface area contributed by atoms with Crippen molar-refractivity contribution in [2.75, 3.05) is 31.2 Å². The Morgan fingerprint density at radius 2 is 1.91 bits per heavy atom. The molecule has 1 aliphatic heterocycles. The summed E-state index contributed by atoms with van der Waals surface area (Å²) in [6.07, 6.45) is 2.69. The second-order valence-electron chi connectivity index (χ2n) is 7.28.